The number of alkyl halides is 3. The Morgan fingerprint density at radius 2 is 1.67 bits per heavy atom. The van der Waals surface area contributed by atoms with Crippen LogP contribution in [0.25, 0.3) is 11.0 Å². The molecule has 36 heavy (non-hydrogen) atoms. The molecule has 1 heterocycles. The van der Waals surface area contributed by atoms with Crippen LogP contribution in [-0.4, -0.2) is 48.4 Å². The number of aliphatic hydroxyl groups excluding tert-OH is 2. The van der Waals surface area contributed by atoms with E-state index in [1.807, 2.05) is 27.7 Å². The molecule has 0 saturated heterocycles. The fraction of sp³-hybridized carbons (Fsp3) is 0.704. The van der Waals surface area contributed by atoms with Gasteiger partial charge in [-0.1, -0.05) is 27.7 Å². The first-order valence-corrected chi connectivity index (χ1v) is 12.8. The first-order valence-electron chi connectivity index (χ1n) is 12.8. The van der Waals surface area contributed by atoms with E-state index < -0.39 is 63.7 Å². The van der Waals surface area contributed by atoms with Gasteiger partial charge in [0.1, 0.15) is 6.10 Å². The molecular formula is C27H33F3N2O4. The molecule has 0 amide bonds. The Kier molecular flexibility index (Phi) is 4.76. The van der Waals surface area contributed by atoms with Crippen LogP contribution in [0.4, 0.5) is 13.2 Å². The third kappa shape index (κ3) is 2.63. The van der Waals surface area contributed by atoms with Crippen molar-refractivity contribution >= 4 is 11.0 Å². The van der Waals surface area contributed by atoms with Crippen LogP contribution in [-0.2, 0) is 11.6 Å². The molecule has 2 bridgehead atoms. The molecule has 1 aromatic carbocycles. The highest BCUT2D eigenvalue weighted by atomic mass is 19.4. The topological polar surface area (TPSA) is 107 Å². The van der Waals surface area contributed by atoms with Crippen LogP contribution in [0.3, 0.4) is 0 Å². The van der Waals surface area contributed by atoms with E-state index in [1.54, 1.807) is 0 Å². The lowest BCUT2D eigenvalue weighted by atomic mass is 9.36. The molecule has 6 nitrogen and oxygen atoms in total. The minimum absolute atomic E-state index is 0.0264. The summed E-state index contributed by atoms with van der Waals surface area (Å²) in [5.41, 5.74) is -2.51. The van der Waals surface area contributed by atoms with Crippen LogP contribution in [0.5, 0.6) is 0 Å². The average molecular weight is 507 g/mol. The molecule has 0 aliphatic heterocycles. The molecule has 1 aromatic heterocycles. The SMILES string of the molecule is C[C@@H]1[C@H]2CCC3[C@@]4(C)C([C@H](O)C(O)(O)[C@]31c1nc3cc(C(F)(F)F)ccc3nc12)C(C)(C)CC[C@@H]4O. The summed E-state index contributed by atoms with van der Waals surface area (Å²) >= 11 is 0. The van der Waals surface area contributed by atoms with E-state index in [4.69, 9.17) is 4.98 Å². The number of fused-ring (bicyclic) bond motifs is 6. The van der Waals surface area contributed by atoms with Gasteiger partial charge in [-0.25, -0.2) is 9.97 Å². The zero-order valence-corrected chi connectivity index (χ0v) is 20.8. The van der Waals surface area contributed by atoms with Crippen LogP contribution < -0.4 is 0 Å². The Hall–Kier alpha value is -1.81. The van der Waals surface area contributed by atoms with Crippen molar-refractivity contribution in [2.45, 2.75) is 88.9 Å². The van der Waals surface area contributed by atoms with Crippen molar-refractivity contribution in [1.29, 1.82) is 0 Å². The Morgan fingerprint density at radius 1 is 0.972 bits per heavy atom. The summed E-state index contributed by atoms with van der Waals surface area (Å²) in [4.78, 5) is 9.41. The molecular weight excluding hydrogens is 473 g/mol. The smallest absolute Gasteiger partial charge is 0.393 e. The Labute approximate surface area is 207 Å². The molecule has 6 rings (SSSR count). The van der Waals surface area contributed by atoms with Gasteiger partial charge in [-0.3, -0.25) is 0 Å². The highest BCUT2D eigenvalue weighted by Crippen LogP contribution is 2.74. The van der Waals surface area contributed by atoms with Crippen molar-refractivity contribution in [2.24, 2.45) is 28.6 Å². The summed E-state index contributed by atoms with van der Waals surface area (Å²) in [5, 5.41) is 47.0. The van der Waals surface area contributed by atoms with Gasteiger partial charge < -0.3 is 20.4 Å². The number of rotatable bonds is 0. The van der Waals surface area contributed by atoms with Crippen molar-refractivity contribution in [3.63, 3.8) is 0 Å². The Bertz CT molecular complexity index is 1260. The zero-order chi connectivity index (χ0) is 26.2. The van der Waals surface area contributed by atoms with Crippen LogP contribution >= 0.6 is 0 Å². The van der Waals surface area contributed by atoms with Gasteiger partial charge in [0.2, 0.25) is 5.79 Å². The molecule has 0 radical (unpaired) electrons. The van der Waals surface area contributed by atoms with E-state index in [9.17, 15) is 33.6 Å². The summed E-state index contributed by atoms with van der Waals surface area (Å²) in [5.74, 6) is -4.26. The van der Waals surface area contributed by atoms with Gasteiger partial charge in [-0.2, -0.15) is 13.2 Å². The minimum Gasteiger partial charge on any atom is -0.393 e. The van der Waals surface area contributed by atoms with Crippen LogP contribution in [0.1, 0.15) is 76.2 Å². The lowest BCUT2D eigenvalue weighted by molar-refractivity contribution is -0.373. The summed E-state index contributed by atoms with van der Waals surface area (Å²) in [6, 6.07) is 3.23. The molecule has 2 aromatic rings. The number of halogens is 3. The maximum Gasteiger partial charge on any atom is 0.416 e. The third-order valence-corrected chi connectivity index (χ3v) is 10.8. The summed E-state index contributed by atoms with van der Waals surface area (Å²) < 4.78 is 40.4. The van der Waals surface area contributed by atoms with Gasteiger partial charge >= 0.3 is 6.18 Å². The van der Waals surface area contributed by atoms with E-state index in [1.165, 1.54) is 6.07 Å². The van der Waals surface area contributed by atoms with Crippen LogP contribution in [0.15, 0.2) is 18.2 Å². The van der Waals surface area contributed by atoms with Gasteiger partial charge in [0, 0.05) is 17.3 Å². The largest absolute Gasteiger partial charge is 0.416 e. The predicted octanol–water partition coefficient (Wildman–Crippen LogP) is 3.89. The maximum atomic E-state index is 13.5. The summed E-state index contributed by atoms with van der Waals surface area (Å²) in [6.07, 6.45) is -4.53. The summed E-state index contributed by atoms with van der Waals surface area (Å²) in [7, 11) is 0. The van der Waals surface area contributed by atoms with Gasteiger partial charge in [0.25, 0.3) is 0 Å². The third-order valence-electron chi connectivity index (χ3n) is 10.8. The second kappa shape index (κ2) is 6.98. The van der Waals surface area contributed by atoms with Crippen molar-refractivity contribution in [1.82, 2.24) is 9.97 Å². The fourth-order valence-electron chi connectivity index (χ4n) is 9.31. The van der Waals surface area contributed by atoms with E-state index in [0.717, 1.165) is 12.1 Å². The molecule has 9 heteroatoms. The first-order chi connectivity index (χ1) is 16.6. The van der Waals surface area contributed by atoms with Gasteiger partial charge in [0.15, 0.2) is 0 Å². The lowest BCUT2D eigenvalue weighted by Gasteiger charge is -2.70. The Balaban J connectivity index is 1.65. The number of hydrogen-bond acceptors (Lipinski definition) is 6. The summed E-state index contributed by atoms with van der Waals surface area (Å²) in [6.45, 7) is 7.81. The second-order valence-electron chi connectivity index (χ2n) is 12.6. The normalized spacial score (nSPS) is 42.5. The number of hydrogen-bond donors (Lipinski definition) is 4. The quantitative estimate of drug-likeness (QED) is 0.404. The van der Waals surface area contributed by atoms with Gasteiger partial charge in [-0.05, 0) is 61.1 Å². The predicted molar refractivity (Wildman–Crippen MR) is 125 cm³/mol. The van der Waals surface area contributed by atoms with Crippen molar-refractivity contribution < 1.29 is 33.6 Å². The molecule has 1 spiro atoms. The molecule has 196 valence electrons. The van der Waals surface area contributed by atoms with Crippen molar-refractivity contribution in [2.75, 3.05) is 0 Å². The lowest BCUT2D eigenvalue weighted by Crippen LogP contribution is -2.79. The van der Waals surface area contributed by atoms with Gasteiger partial charge in [0.05, 0.1) is 39.5 Å². The monoisotopic (exact) mass is 506 g/mol. The average Bonchev–Trinajstić information content (AvgIpc) is 2.91. The number of aromatic nitrogens is 2. The molecule has 4 aliphatic rings. The van der Waals surface area contributed by atoms with Crippen molar-refractivity contribution in [3.05, 3.63) is 35.2 Å². The minimum atomic E-state index is -4.56. The van der Waals surface area contributed by atoms with Gasteiger partial charge in [-0.15, -0.1) is 0 Å². The van der Waals surface area contributed by atoms with E-state index >= 15 is 0 Å². The highest BCUT2D eigenvalue weighted by Gasteiger charge is 2.80. The van der Waals surface area contributed by atoms with Crippen LogP contribution in [0, 0.1) is 28.6 Å². The number of benzene rings is 1. The molecule has 8 atom stereocenters. The van der Waals surface area contributed by atoms with Crippen molar-refractivity contribution in [3.8, 4) is 0 Å². The molecule has 3 saturated carbocycles. The Morgan fingerprint density at radius 3 is 2.33 bits per heavy atom. The molecule has 3 fully saturated rings. The molecule has 2 unspecified atom stereocenters. The number of aliphatic hydroxyl groups is 4. The van der Waals surface area contributed by atoms with E-state index in [-0.39, 0.29) is 17.1 Å². The molecule has 4 aliphatic carbocycles. The van der Waals surface area contributed by atoms with E-state index in [0.29, 0.717) is 36.9 Å². The van der Waals surface area contributed by atoms with Crippen LogP contribution in [0.2, 0.25) is 0 Å². The molecule has 4 N–H and O–H groups in total. The maximum absolute atomic E-state index is 13.5. The first kappa shape index (κ1) is 24.5. The zero-order valence-electron chi connectivity index (χ0n) is 20.8. The second-order valence-corrected chi connectivity index (χ2v) is 12.6. The van der Waals surface area contributed by atoms with E-state index in [2.05, 4.69) is 4.98 Å². The standard InChI is InChI=1S/C27H33F3N2O4/c1-12-14-6-8-17-24(4)18(33)9-10-23(2,3)20(24)22(34)26(35,36)25(12,17)21-19(14)31-15-7-5-13(27(28,29)30)11-16(15)32-21/h5,7,11-12,14,17-18,20,22,33-36H,6,8-10H2,1-4H3/t12-,14-,17?,18+,20?,22+,24-,25+/m1/s1. The highest BCUT2D eigenvalue weighted by molar-refractivity contribution is 5.76. The fourth-order valence-corrected chi connectivity index (χ4v) is 9.31. The number of nitrogens with zero attached hydrogens (tertiary/aromatic N) is 2.